The lowest BCUT2D eigenvalue weighted by molar-refractivity contribution is 0.389. The first kappa shape index (κ1) is 26.2. The molecule has 0 amide bonds. The molecule has 0 aliphatic carbocycles. The van der Waals surface area contributed by atoms with Crippen LogP contribution in [0.15, 0.2) is 0 Å². The zero-order valence-corrected chi connectivity index (χ0v) is 18.2. The summed E-state index contributed by atoms with van der Waals surface area (Å²) in [6.07, 6.45) is 19.8. The third-order valence-corrected chi connectivity index (χ3v) is 4.42. The molecule has 0 aromatic heterocycles. The number of rotatable bonds is 16. The first-order valence-electron chi connectivity index (χ1n) is 10.8. The Balaban J connectivity index is 0. The van der Waals surface area contributed by atoms with Gasteiger partial charge in [-0.15, -0.1) is 0 Å². The second-order valence-electron chi connectivity index (χ2n) is 7.85. The molecule has 0 radical (unpaired) electrons. The van der Waals surface area contributed by atoms with E-state index in [0.29, 0.717) is 0 Å². The summed E-state index contributed by atoms with van der Waals surface area (Å²) in [5.74, 6) is 0. The minimum atomic E-state index is 1.26. The summed E-state index contributed by atoms with van der Waals surface area (Å²) in [5, 5.41) is 0. The molecule has 0 saturated heterocycles. The predicted octanol–water partition coefficient (Wildman–Crippen LogP) is 6.60. The number of nitrogens with zero attached hydrogens (tertiary/aromatic N) is 2. The van der Waals surface area contributed by atoms with E-state index in [1.807, 2.05) is 0 Å². The first-order chi connectivity index (χ1) is 11.5. The fourth-order valence-corrected chi connectivity index (χ4v) is 2.77. The Morgan fingerprint density at radius 3 is 0.875 bits per heavy atom. The molecule has 0 bridgehead atoms. The van der Waals surface area contributed by atoms with Crippen molar-refractivity contribution < 1.29 is 0 Å². The van der Waals surface area contributed by atoms with Gasteiger partial charge < -0.3 is 9.80 Å². The van der Waals surface area contributed by atoms with Gasteiger partial charge in [-0.25, -0.2) is 0 Å². The van der Waals surface area contributed by atoms with Gasteiger partial charge >= 0.3 is 0 Å². The van der Waals surface area contributed by atoms with E-state index in [2.05, 4.69) is 51.8 Å². The van der Waals surface area contributed by atoms with E-state index in [4.69, 9.17) is 0 Å². The van der Waals surface area contributed by atoms with Crippen LogP contribution in [0.4, 0.5) is 0 Å². The molecule has 0 spiro atoms. The highest BCUT2D eigenvalue weighted by molar-refractivity contribution is 4.48. The topological polar surface area (TPSA) is 6.48 Å². The van der Waals surface area contributed by atoms with Gasteiger partial charge in [0.2, 0.25) is 0 Å². The standard InChI is InChI=1S/C12H27N.C10H23N/c1-4-5-6-7-8-9-10-11-12-13(2)3;1-4-5-6-7-8-9-10-11(2)3/h4-12H2,1-3H3;4-10H2,1-3H3. The summed E-state index contributed by atoms with van der Waals surface area (Å²) >= 11 is 0. The molecule has 0 heterocycles. The highest BCUT2D eigenvalue weighted by Gasteiger charge is 1.92. The van der Waals surface area contributed by atoms with E-state index in [-0.39, 0.29) is 0 Å². The van der Waals surface area contributed by atoms with Crippen molar-refractivity contribution >= 4 is 0 Å². The minimum Gasteiger partial charge on any atom is -0.309 e. The second-order valence-corrected chi connectivity index (χ2v) is 7.85. The van der Waals surface area contributed by atoms with Crippen LogP contribution in [0.1, 0.15) is 104 Å². The summed E-state index contributed by atoms with van der Waals surface area (Å²) in [7, 11) is 8.60. The molecule has 0 unspecified atom stereocenters. The van der Waals surface area contributed by atoms with E-state index < -0.39 is 0 Å². The molecule has 0 aromatic rings. The molecule has 0 aliphatic rings. The van der Waals surface area contributed by atoms with Gasteiger partial charge in [0.05, 0.1) is 0 Å². The average molecular weight is 343 g/mol. The lowest BCUT2D eigenvalue weighted by Crippen LogP contribution is -2.12. The summed E-state index contributed by atoms with van der Waals surface area (Å²) in [6.45, 7) is 7.05. The van der Waals surface area contributed by atoms with Gasteiger partial charge in [0, 0.05) is 0 Å². The SMILES string of the molecule is CCCCCCCCCCN(C)C.CCCCCCCCN(C)C. The average Bonchev–Trinajstić information content (AvgIpc) is 2.53. The molecule has 0 N–H and O–H groups in total. The van der Waals surface area contributed by atoms with Crippen molar-refractivity contribution in [2.24, 2.45) is 0 Å². The predicted molar refractivity (Wildman–Crippen MR) is 113 cm³/mol. The van der Waals surface area contributed by atoms with Crippen molar-refractivity contribution in [2.75, 3.05) is 41.3 Å². The third kappa shape index (κ3) is 29.9. The Hall–Kier alpha value is -0.0800. The largest absolute Gasteiger partial charge is 0.309 e. The normalized spacial score (nSPS) is 11.0. The molecule has 0 aromatic carbocycles. The van der Waals surface area contributed by atoms with E-state index in [0.717, 1.165) is 0 Å². The molecule has 2 nitrogen and oxygen atoms in total. The second kappa shape index (κ2) is 22.9. The zero-order valence-electron chi connectivity index (χ0n) is 18.2. The van der Waals surface area contributed by atoms with Crippen molar-refractivity contribution in [3.05, 3.63) is 0 Å². The van der Waals surface area contributed by atoms with Crippen LogP contribution < -0.4 is 0 Å². The van der Waals surface area contributed by atoms with Crippen LogP contribution in [0.5, 0.6) is 0 Å². The van der Waals surface area contributed by atoms with Crippen molar-refractivity contribution in [1.82, 2.24) is 9.80 Å². The number of hydrogen-bond acceptors (Lipinski definition) is 2. The Morgan fingerprint density at radius 2 is 0.625 bits per heavy atom. The third-order valence-electron chi connectivity index (χ3n) is 4.42. The highest BCUT2D eigenvalue weighted by Crippen LogP contribution is 2.08. The van der Waals surface area contributed by atoms with Gasteiger partial charge in [0.15, 0.2) is 0 Å². The fourth-order valence-electron chi connectivity index (χ4n) is 2.77. The maximum absolute atomic E-state index is 2.27. The van der Waals surface area contributed by atoms with Crippen LogP contribution in [-0.4, -0.2) is 51.1 Å². The van der Waals surface area contributed by atoms with Gasteiger partial charge in [-0.1, -0.05) is 90.9 Å². The van der Waals surface area contributed by atoms with Gasteiger partial charge in [-0.2, -0.15) is 0 Å². The molecule has 0 saturated carbocycles. The van der Waals surface area contributed by atoms with Gasteiger partial charge in [-0.05, 0) is 54.1 Å². The lowest BCUT2D eigenvalue weighted by atomic mass is 10.1. The fraction of sp³-hybridized carbons (Fsp3) is 1.00. The van der Waals surface area contributed by atoms with Crippen LogP contribution in [0, 0.1) is 0 Å². The quantitative estimate of drug-likeness (QED) is 0.292. The van der Waals surface area contributed by atoms with Crippen molar-refractivity contribution in [3.63, 3.8) is 0 Å². The molecule has 0 rings (SSSR count). The summed E-state index contributed by atoms with van der Waals surface area (Å²) in [6, 6.07) is 0. The van der Waals surface area contributed by atoms with Crippen LogP contribution in [0.3, 0.4) is 0 Å². The smallest absolute Gasteiger partial charge is 0.00248 e. The van der Waals surface area contributed by atoms with E-state index in [1.54, 1.807) is 0 Å². The molecule has 148 valence electrons. The molecular weight excluding hydrogens is 292 g/mol. The molecule has 24 heavy (non-hydrogen) atoms. The molecule has 2 heteroatoms. The Kier molecular flexibility index (Phi) is 25.0. The summed E-state index contributed by atoms with van der Waals surface area (Å²) in [5.41, 5.74) is 0. The van der Waals surface area contributed by atoms with Crippen LogP contribution >= 0.6 is 0 Å². The number of hydrogen-bond donors (Lipinski definition) is 0. The van der Waals surface area contributed by atoms with Gasteiger partial charge in [0.25, 0.3) is 0 Å². The van der Waals surface area contributed by atoms with Crippen molar-refractivity contribution in [2.45, 2.75) is 104 Å². The molecule has 0 atom stereocenters. The van der Waals surface area contributed by atoms with Crippen LogP contribution in [-0.2, 0) is 0 Å². The summed E-state index contributed by atoms with van der Waals surface area (Å²) < 4.78 is 0. The highest BCUT2D eigenvalue weighted by atomic mass is 15.0. The van der Waals surface area contributed by atoms with Crippen molar-refractivity contribution in [3.8, 4) is 0 Å². The number of unbranched alkanes of at least 4 members (excludes halogenated alkanes) is 12. The minimum absolute atomic E-state index is 1.26. The van der Waals surface area contributed by atoms with Crippen LogP contribution in [0.25, 0.3) is 0 Å². The van der Waals surface area contributed by atoms with E-state index >= 15 is 0 Å². The van der Waals surface area contributed by atoms with Gasteiger partial charge in [0.1, 0.15) is 0 Å². The van der Waals surface area contributed by atoms with E-state index in [1.165, 1.54) is 103 Å². The summed E-state index contributed by atoms with van der Waals surface area (Å²) in [4.78, 5) is 4.54. The van der Waals surface area contributed by atoms with Crippen LogP contribution in [0.2, 0.25) is 0 Å². The maximum Gasteiger partial charge on any atom is -0.00248 e. The zero-order chi connectivity index (χ0) is 18.5. The van der Waals surface area contributed by atoms with Crippen molar-refractivity contribution in [1.29, 1.82) is 0 Å². The monoisotopic (exact) mass is 342 g/mol. The Labute approximate surface area is 155 Å². The lowest BCUT2D eigenvalue weighted by Gasteiger charge is -2.08. The van der Waals surface area contributed by atoms with E-state index in [9.17, 15) is 0 Å². The Bertz CT molecular complexity index is 202. The maximum atomic E-state index is 2.27. The van der Waals surface area contributed by atoms with Gasteiger partial charge in [-0.3, -0.25) is 0 Å². The molecule has 0 aliphatic heterocycles. The molecule has 0 fully saturated rings. The molecular formula is C22H50N2. The first-order valence-corrected chi connectivity index (χ1v) is 10.8. The Morgan fingerprint density at radius 1 is 0.375 bits per heavy atom.